The van der Waals surface area contributed by atoms with E-state index in [-0.39, 0.29) is 11.3 Å². The average molecular weight is 253 g/mol. The summed E-state index contributed by atoms with van der Waals surface area (Å²) in [7, 11) is 0. The van der Waals surface area contributed by atoms with Gasteiger partial charge >= 0.3 is 0 Å². The Bertz CT molecular complexity index is 402. The van der Waals surface area contributed by atoms with Gasteiger partial charge in [-0.2, -0.15) is 0 Å². The van der Waals surface area contributed by atoms with Crippen molar-refractivity contribution in [1.29, 1.82) is 0 Å². The van der Waals surface area contributed by atoms with E-state index in [2.05, 4.69) is 15.6 Å². The Balaban J connectivity index is 2.05. The monoisotopic (exact) mass is 253 g/mol. The van der Waals surface area contributed by atoms with Crippen molar-refractivity contribution in [3.05, 3.63) is 10.6 Å². The van der Waals surface area contributed by atoms with E-state index >= 15 is 0 Å². The first kappa shape index (κ1) is 12.5. The predicted octanol–water partition coefficient (Wildman–Crippen LogP) is 2.09. The van der Waals surface area contributed by atoms with Gasteiger partial charge in [0.25, 0.3) is 0 Å². The number of thiazole rings is 1. The molecular weight excluding hydrogens is 234 g/mol. The van der Waals surface area contributed by atoms with Crippen LogP contribution in [0.5, 0.6) is 0 Å². The maximum Gasteiger partial charge on any atom is 0.233 e. The van der Waals surface area contributed by atoms with Gasteiger partial charge in [0.2, 0.25) is 5.91 Å². The van der Waals surface area contributed by atoms with Crippen molar-refractivity contribution in [2.75, 3.05) is 18.4 Å². The van der Waals surface area contributed by atoms with E-state index in [4.69, 9.17) is 0 Å². The van der Waals surface area contributed by atoms with Gasteiger partial charge in [0.1, 0.15) is 0 Å². The molecule has 0 aromatic carbocycles. The van der Waals surface area contributed by atoms with Gasteiger partial charge in [0.05, 0.1) is 11.1 Å². The van der Waals surface area contributed by atoms with Crippen molar-refractivity contribution >= 4 is 22.4 Å². The third kappa shape index (κ3) is 2.66. The first-order valence-corrected chi connectivity index (χ1v) is 6.79. The molecule has 1 atom stereocenters. The van der Waals surface area contributed by atoms with Gasteiger partial charge in [-0.3, -0.25) is 4.79 Å². The average Bonchev–Trinajstić information content (AvgIpc) is 2.59. The van der Waals surface area contributed by atoms with Crippen LogP contribution in [0.2, 0.25) is 0 Å². The van der Waals surface area contributed by atoms with Crippen LogP contribution in [0.3, 0.4) is 0 Å². The van der Waals surface area contributed by atoms with Crippen molar-refractivity contribution in [2.45, 2.75) is 33.6 Å². The van der Waals surface area contributed by atoms with Gasteiger partial charge in [-0.25, -0.2) is 4.98 Å². The van der Waals surface area contributed by atoms with Crippen molar-refractivity contribution in [2.24, 2.45) is 5.41 Å². The van der Waals surface area contributed by atoms with Gasteiger partial charge in [-0.15, -0.1) is 11.3 Å². The summed E-state index contributed by atoms with van der Waals surface area (Å²) >= 11 is 1.54. The van der Waals surface area contributed by atoms with E-state index in [0.717, 1.165) is 41.6 Å². The van der Waals surface area contributed by atoms with E-state index in [1.807, 2.05) is 20.8 Å². The highest BCUT2D eigenvalue weighted by molar-refractivity contribution is 7.15. The van der Waals surface area contributed by atoms with Crippen LogP contribution in [0.15, 0.2) is 0 Å². The summed E-state index contributed by atoms with van der Waals surface area (Å²) in [6, 6.07) is 0. The van der Waals surface area contributed by atoms with Gasteiger partial charge in [-0.05, 0) is 40.2 Å². The maximum absolute atomic E-state index is 12.2. The minimum absolute atomic E-state index is 0.0819. The minimum atomic E-state index is -0.300. The summed E-state index contributed by atoms with van der Waals surface area (Å²) in [5.74, 6) is 0.0819. The Labute approximate surface area is 106 Å². The van der Waals surface area contributed by atoms with Crippen molar-refractivity contribution < 1.29 is 4.79 Å². The Morgan fingerprint density at radius 2 is 2.29 bits per heavy atom. The molecule has 0 spiro atoms. The molecule has 1 unspecified atom stereocenters. The quantitative estimate of drug-likeness (QED) is 0.848. The zero-order chi connectivity index (χ0) is 12.5. The van der Waals surface area contributed by atoms with Gasteiger partial charge in [0, 0.05) is 11.4 Å². The summed E-state index contributed by atoms with van der Waals surface area (Å²) in [5.41, 5.74) is 0.698. The zero-order valence-corrected chi connectivity index (χ0v) is 11.4. The third-order valence-corrected chi connectivity index (χ3v) is 4.38. The lowest BCUT2D eigenvalue weighted by atomic mass is 9.82. The number of anilines is 1. The molecular formula is C12H19N3OS. The smallest absolute Gasteiger partial charge is 0.233 e. The van der Waals surface area contributed by atoms with Crippen LogP contribution < -0.4 is 10.6 Å². The van der Waals surface area contributed by atoms with Crippen LogP contribution in [-0.2, 0) is 4.79 Å². The Morgan fingerprint density at radius 1 is 1.53 bits per heavy atom. The molecule has 0 radical (unpaired) electrons. The summed E-state index contributed by atoms with van der Waals surface area (Å²) < 4.78 is 0. The highest BCUT2D eigenvalue weighted by Crippen LogP contribution is 2.29. The van der Waals surface area contributed by atoms with E-state index in [1.54, 1.807) is 11.3 Å². The second kappa shape index (κ2) is 4.74. The largest absolute Gasteiger partial charge is 0.316 e. The van der Waals surface area contributed by atoms with Crippen molar-refractivity contribution in [3.63, 3.8) is 0 Å². The molecule has 1 saturated heterocycles. The lowest BCUT2D eigenvalue weighted by Gasteiger charge is -2.32. The molecule has 1 aliphatic heterocycles. The standard InChI is InChI=1S/C12H19N3OS/c1-8-9(2)17-11(14-8)15-10(16)12(3)5-4-6-13-7-12/h13H,4-7H2,1-3H3,(H,14,15,16). The van der Waals surface area contributed by atoms with Crippen LogP contribution in [0.1, 0.15) is 30.3 Å². The second-order valence-electron chi connectivity index (χ2n) is 4.96. The van der Waals surface area contributed by atoms with Gasteiger partial charge in [0.15, 0.2) is 5.13 Å². The third-order valence-electron chi connectivity index (χ3n) is 3.39. The number of nitrogens with zero attached hydrogens (tertiary/aromatic N) is 1. The summed E-state index contributed by atoms with van der Waals surface area (Å²) in [5, 5.41) is 6.94. The Hall–Kier alpha value is -0.940. The number of hydrogen-bond acceptors (Lipinski definition) is 4. The Kier molecular flexibility index (Phi) is 3.49. The van der Waals surface area contributed by atoms with E-state index in [9.17, 15) is 4.79 Å². The first-order valence-electron chi connectivity index (χ1n) is 5.97. The normalized spacial score (nSPS) is 24.6. The molecule has 1 aromatic heterocycles. The van der Waals surface area contributed by atoms with Crippen LogP contribution in [0.4, 0.5) is 5.13 Å². The number of rotatable bonds is 2. The molecule has 2 N–H and O–H groups in total. The second-order valence-corrected chi connectivity index (χ2v) is 6.16. The first-order chi connectivity index (χ1) is 8.01. The van der Waals surface area contributed by atoms with E-state index in [0.29, 0.717) is 0 Å². The fourth-order valence-corrected chi connectivity index (χ4v) is 2.83. The number of aryl methyl sites for hydroxylation is 2. The SMILES string of the molecule is Cc1nc(NC(=O)C2(C)CCCNC2)sc1C. The summed E-state index contributed by atoms with van der Waals surface area (Å²) in [6.07, 6.45) is 2.00. The number of piperidine rings is 1. The van der Waals surface area contributed by atoms with Crippen molar-refractivity contribution in [3.8, 4) is 0 Å². The summed E-state index contributed by atoms with van der Waals surface area (Å²) in [6.45, 7) is 7.76. The molecule has 1 fully saturated rings. The molecule has 17 heavy (non-hydrogen) atoms. The molecule has 1 aliphatic rings. The molecule has 94 valence electrons. The molecule has 0 bridgehead atoms. The number of amides is 1. The lowest BCUT2D eigenvalue weighted by molar-refractivity contribution is -0.125. The summed E-state index contributed by atoms with van der Waals surface area (Å²) in [4.78, 5) is 17.7. The molecule has 2 rings (SSSR count). The number of carbonyl (C=O) groups is 1. The van der Waals surface area contributed by atoms with Crippen LogP contribution in [0.25, 0.3) is 0 Å². The maximum atomic E-state index is 12.2. The van der Waals surface area contributed by atoms with Crippen LogP contribution in [-0.4, -0.2) is 24.0 Å². The molecule has 1 aromatic rings. The minimum Gasteiger partial charge on any atom is -0.316 e. The molecule has 1 amide bonds. The van der Waals surface area contributed by atoms with Gasteiger partial charge < -0.3 is 10.6 Å². The fraction of sp³-hybridized carbons (Fsp3) is 0.667. The van der Waals surface area contributed by atoms with E-state index in [1.165, 1.54) is 0 Å². The molecule has 2 heterocycles. The number of nitrogens with one attached hydrogen (secondary N) is 2. The number of carbonyl (C=O) groups excluding carboxylic acids is 1. The zero-order valence-electron chi connectivity index (χ0n) is 10.6. The molecule has 4 nitrogen and oxygen atoms in total. The molecule has 5 heteroatoms. The molecule has 0 aliphatic carbocycles. The lowest BCUT2D eigenvalue weighted by Crippen LogP contribution is -2.46. The topological polar surface area (TPSA) is 54.0 Å². The number of hydrogen-bond donors (Lipinski definition) is 2. The predicted molar refractivity (Wildman–Crippen MR) is 70.4 cm³/mol. The molecule has 0 saturated carbocycles. The highest BCUT2D eigenvalue weighted by Gasteiger charge is 2.35. The highest BCUT2D eigenvalue weighted by atomic mass is 32.1. The van der Waals surface area contributed by atoms with E-state index < -0.39 is 0 Å². The van der Waals surface area contributed by atoms with Crippen LogP contribution in [0, 0.1) is 19.3 Å². The van der Waals surface area contributed by atoms with Crippen molar-refractivity contribution in [1.82, 2.24) is 10.3 Å². The fourth-order valence-electron chi connectivity index (χ4n) is 2.02. The van der Waals surface area contributed by atoms with Gasteiger partial charge in [-0.1, -0.05) is 0 Å². The van der Waals surface area contributed by atoms with Crippen LogP contribution >= 0.6 is 11.3 Å². The number of aromatic nitrogens is 1. The Morgan fingerprint density at radius 3 is 2.82 bits per heavy atom.